The first-order chi connectivity index (χ1) is 16.2. The highest BCUT2D eigenvalue weighted by Crippen LogP contribution is 2.30. The molecule has 3 rings (SSSR count). The molecular weight excluding hydrogens is 469 g/mol. The van der Waals surface area contributed by atoms with E-state index in [-0.39, 0.29) is 12.4 Å². The van der Waals surface area contributed by atoms with Crippen LogP contribution in [0.3, 0.4) is 0 Å². The van der Waals surface area contributed by atoms with Crippen molar-refractivity contribution in [2.75, 3.05) is 13.2 Å². The predicted molar refractivity (Wildman–Crippen MR) is 122 cm³/mol. The van der Waals surface area contributed by atoms with Gasteiger partial charge in [0.1, 0.15) is 18.5 Å². The maximum Gasteiger partial charge on any atom is 0.416 e. The maximum atomic E-state index is 12.8. The third kappa shape index (κ3) is 8.04. The van der Waals surface area contributed by atoms with Gasteiger partial charge >= 0.3 is 12.1 Å². The minimum Gasteiger partial charge on any atom is -0.490 e. The molecule has 0 aliphatic carbocycles. The molecule has 0 amide bonds. The van der Waals surface area contributed by atoms with E-state index in [2.05, 4.69) is 4.98 Å². The number of carbonyl (C=O) groups excluding carboxylic acids is 1. The Balaban J connectivity index is 1.73. The van der Waals surface area contributed by atoms with Gasteiger partial charge in [0.2, 0.25) is 0 Å². The van der Waals surface area contributed by atoms with E-state index in [0.717, 1.165) is 23.3 Å². The van der Waals surface area contributed by atoms with E-state index in [0.29, 0.717) is 24.7 Å². The molecule has 0 bridgehead atoms. The lowest BCUT2D eigenvalue weighted by molar-refractivity contribution is -0.149. The summed E-state index contributed by atoms with van der Waals surface area (Å²) in [6.07, 6.45) is -1.66. The van der Waals surface area contributed by atoms with Crippen LogP contribution in [0.25, 0.3) is 0 Å². The van der Waals surface area contributed by atoms with Crippen LogP contribution in [0.5, 0.6) is 5.75 Å². The molecular formula is C25H24ClF3N2O3. The molecule has 0 spiro atoms. The number of aromatic nitrogens is 1. The molecule has 0 fully saturated rings. The SMILES string of the molecule is CC(=O)OC(COc1ccc(C(F)(F)F)cc1)CN(Cc1cccnc1)Cc1ccccc1Cl. The van der Waals surface area contributed by atoms with Crippen molar-refractivity contribution in [3.05, 3.63) is 94.8 Å². The van der Waals surface area contributed by atoms with Crippen LogP contribution in [0.1, 0.15) is 23.6 Å². The molecule has 0 N–H and O–H groups in total. The number of nitrogens with zero attached hydrogens (tertiary/aromatic N) is 2. The zero-order valence-corrected chi connectivity index (χ0v) is 19.2. The van der Waals surface area contributed by atoms with Gasteiger partial charge in [-0.05, 0) is 47.5 Å². The predicted octanol–water partition coefficient (Wildman–Crippen LogP) is 5.77. The molecule has 2 aromatic carbocycles. The molecule has 9 heteroatoms. The van der Waals surface area contributed by atoms with E-state index in [9.17, 15) is 18.0 Å². The fourth-order valence-electron chi connectivity index (χ4n) is 3.38. The molecule has 0 aliphatic heterocycles. The van der Waals surface area contributed by atoms with E-state index < -0.39 is 23.8 Å². The summed E-state index contributed by atoms with van der Waals surface area (Å²) in [5.41, 5.74) is 1.09. The van der Waals surface area contributed by atoms with Crippen LogP contribution < -0.4 is 4.74 Å². The van der Waals surface area contributed by atoms with Gasteiger partial charge in [-0.2, -0.15) is 13.2 Å². The Morgan fingerprint density at radius 3 is 2.41 bits per heavy atom. The second kappa shape index (κ2) is 11.9. The number of halogens is 4. The topological polar surface area (TPSA) is 51.7 Å². The molecule has 34 heavy (non-hydrogen) atoms. The largest absolute Gasteiger partial charge is 0.490 e. The third-order valence-corrected chi connectivity index (χ3v) is 5.26. The molecule has 1 unspecified atom stereocenters. The smallest absolute Gasteiger partial charge is 0.416 e. The molecule has 0 radical (unpaired) electrons. The normalized spacial score (nSPS) is 12.4. The summed E-state index contributed by atoms with van der Waals surface area (Å²) >= 11 is 6.35. The van der Waals surface area contributed by atoms with Crippen LogP contribution in [0.2, 0.25) is 5.02 Å². The highest BCUT2D eigenvalue weighted by atomic mass is 35.5. The van der Waals surface area contributed by atoms with Crippen LogP contribution in [-0.4, -0.2) is 35.1 Å². The minimum atomic E-state index is -4.43. The zero-order valence-electron chi connectivity index (χ0n) is 18.5. The van der Waals surface area contributed by atoms with E-state index in [1.54, 1.807) is 18.5 Å². The van der Waals surface area contributed by atoms with Crippen LogP contribution in [0.15, 0.2) is 73.1 Å². The van der Waals surface area contributed by atoms with Crippen LogP contribution in [0, 0.1) is 0 Å². The highest BCUT2D eigenvalue weighted by molar-refractivity contribution is 6.31. The number of hydrogen-bond acceptors (Lipinski definition) is 5. The van der Waals surface area contributed by atoms with Gasteiger partial charge in [-0.1, -0.05) is 35.9 Å². The Bertz CT molecular complexity index is 1060. The summed E-state index contributed by atoms with van der Waals surface area (Å²) in [7, 11) is 0. The third-order valence-electron chi connectivity index (χ3n) is 4.89. The Morgan fingerprint density at radius 2 is 1.79 bits per heavy atom. The molecule has 0 aliphatic rings. The minimum absolute atomic E-state index is 0.0307. The summed E-state index contributed by atoms with van der Waals surface area (Å²) in [4.78, 5) is 17.9. The Kier molecular flexibility index (Phi) is 8.90. The molecule has 0 saturated heterocycles. The Labute approximate surface area is 201 Å². The second-order valence-corrected chi connectivity index (χ2v) is 8.09. The lowest BCUT2D eigenvalue weighted by Crippen LogP contribution is -2.38. The zero-order chi connectivity index (χ0) is 24.6. The fraction of sp³-hybridized carbons (Fsp3) is 0.280. The van der Waals surface area contributed by atoms with Crippen LogP contribution in [-0.2, 0) is 28.8 Å². The van der Waals surface area contributed by atoms with Crippen molar-refractivity contribution in [2.45, 2.75) is 32.3 Å². The summed E-state index contributed by atoms with van der Waals surface area (Å²) in [6, 6.07) is 15.6. The van der Waals surface area contributed by atoms with Crippen molar-refractivity contribution in [3.8, 4) is 5.75 Å². The van der Waals surface area contributed by atoms with Gasteiger partial charge in [0.25, 0.3) is 0 Å². The van der Waals surface area contributed by atoms with Crippen molar-refractivity contribution >= 4 is 17.6 Å². The first-order valence-electron chi connectivity index (χ1n) is 10.5. The number of esters is 1. The summed E-state index contributed by atoms with van der Waals surface area (Å²) in [6.45, 7) is 2.56. The van der Waals surface area contributed by atoms with E-state index >= 15 is 0 Å². The number of rotatable bonds is 10. The van der Waals surface area contributed by atoms with E-state index in [4.69, 9.17) is 21.1 Å². The fourth-order valence-corrected chi connectivity index (χ4v) is 3.57. The average Bonchev–Trinajstić information content (AvgIpc) is 2.79. The van der Waals surface area contributed by atoms with Gasteiger partial charge < -0.3 is 9.47 Å². The molecule has 180 valence electrons. The van der Waals surface area contributed by atoms with E-state index in [1.807, 2.05) is 35.2 Å². The number of carbonyl (C=O) groups is 1. The van der Waals surface area contributed by atoms with Crippen LogP contribution in [0.4, 0.5) is 13.2 Å². The number of pyridine rings is 1. The molecule has 1 heterocycles. The van der Waals surface area contributed by atoms with Crippen LogP contribution >= 0.6 is 11.6 Å². The standard InChI is InChI=1S/C25H24ClF3N2O3/c1-18(32)34-23(17-33-22-10-8-21(9-11-22)25(27,28)29)16-31(14-19-5-4-12-30-13-19)15-20-6-2-3-7-24(20)26/h2-13,23H,14-17H2,1H3. The summed E-state index contributed by atoms with van der Waals surface area (Å²) < 4.78 is 49.5. The van der Waals surface area contributed by atoms with Gasteiger partial charge in [0.05, 0.1) is 5.56 Å². The number of ether oxygens (including phenoxy) is 2. The van der Waals surface area contributed by atoms with Gasteiger partial charge in [-0.15, -0.1) is 0 Å². The van der Waals surface area contributed by atoms with Crippen molar-refractivity contribution < 1.29 is 27.4 Å². The molecule has 0 saturated carbocycles. The number of alkyl halides is 3. The summed E-state index contributed by atoms with van der Waals surface area (Å²) in [5, 5.41) is 0.615. The molecule has 3 aromatic rings. The first kappa shape index (κ1) is 25.5. The van der Waals surface area contributed by atoms with Crippen molar-refractivity contribution in [3.63, 3.8) is 0 Å². The van der Waals surface area contributed by atoms with Crippen molar-refractivity contribution in [1.29, 1.82) is 0 Å². The van der Waals surface area contributed by atoms with Gasteiger partial charge in [0, 0.05) is 44.0 Å². The Hall–Kier alpha value is -3.10. The number of benzene rings is 2. The lowest BCUT2D eigenvalue weighted by Gasteiger charge is -2.28. The lowest BCUT2D eigenvalue weighted by atomic mass is 10.1. The second-order valence-electron chi connectivity index (χ2n) is 7.69. The highest BCUT2D eigenvalue weighted by Gasteiger charge is 2.30. The average molecular weight is 493 g/mol. The summed E-state index contributed by atoms with van der Waals surface area (Å²) in [5.74, 6) is -0.241. The Morgan fingerprint density at radius 1 is 1.06 bits per heavy atom. The first-order valence-corrected chi connectivity index (χ1v) is 10.9. The van der Waals surface area contributed by atoms with E-state index in [1.165, 1.54) is 19.1 Å². The molecule has 5 nitrogen and oxygen atoms in total. The maximum absolute atomic E-state index is 12.8. The van der Waals surface area contributed by atoms with Gasteiger partial charge in [-0.25, -0.2) is 0 Å². The van der Waals surface area contributed by atoms with Crippen molar-refractivity contribution in [2.24, 2.45) is 0 Å². The van der Waals surface area contributed by atoms with Gasteiger partial charge in [-0.3, -0.25) is 14.7 Å². The van der Waals surface area contributed by atoms with Crippen molar-refractivity contribution in [1.82, 2.24) is 9.88 Å². The molecule has 1 atom stereocenters. The quantitative estimate of drug-likeness (QED) is 0.336. The molecule has 1 aromatic heterocycles. The monoisotopic (exact) mass is 492 g/mol. The number of hydrogen-bond donors (Lipinski definition) is 0. The van der Waals surface area contributed by atoms with Gasteiger partial charge in [0.15, 0.2) is 0 Å².